The van der Waals surface area contributed by atoms with Crippen LogP contribution >= 0.6 is 23.2 Å². The molecule has 222 valence electrons. The number of benzene rings is 2. The number of ether oxygens (including phenoxy) is 1. The van der Waals surface area contributed by atoms with Gasteiger partial charge in [-0.25, -0.2) is 22.5 Å². The second-order valence-electron chi connectivity index (χ2n) is 9.34. The highest BCUT2D eigenvalue weighted by Crippen LogP contribution is 2.48. The molecule has 0 spiro atoms. The third kappa shape index (κ3) is 7.15. The molecule has 1 atom stereocenters. The van der Waals surface area contributed by atoms with Gasteiger partial charge in [-0.2, -0.15) is 13.2 Å². The van der Waals surface area contributed by atoms with E-state index in [2.05, 4.69) is 10.3 Å². The van der Waals surface area contributed by atoms with Crippen molar-refractivity contribution in [2.75, 3.05) is 13.2 Å². The molecule has 1 fully saturated rings. The van der Waals surface area contributed by atoms with Gasteiger partial charge in [-0.05, 0) is 23.3 Å². The van der Waals surface area contributed by atoms with Crippen molar-refractivity contribution in [1.29, 1.82) is 0 Å². The van der Waals surface area contributed by atoms with Crippen LogP contribution in [0.5, 0.6) is 5.75 Å². The van der Waals surface area contributed by atoms with E-state index in [1.807, 2.05) is 0 Å². The predicted octanol–water partition coefficient (Wildman–Crippen LogP) is 5.68. The fourth-order valence-electron chi connectivity index (χ4n) is 4.06. The van der Waals surface area contributed by atoms with Gasteiger partial charge in [0.05, 0.1) is 21.6 Å². The Morgan fingerprint density at radius 3 is 2.49 bits per heavy atom. The van der Waals surface area contributed by atoms with Crippen LogP contribution in [0.15, 0.2) is 24.3 Å². The Morgan fingerprint density at radius 1 is 1.20 bits per heavy atom. The molecule has 2 amide bonds. The molecule has 1 aromatic heterocycles. The second-order valence-corrected chi connectivity index (χ2v) is 10.1. The minimum absolute atomic E-state index is 0.00580. The molecule has 0 aliphatic heterocycles. The first-order chi connectivity index (χ1) is 19.1. The Kier molecular flexibility index (Phi) is 8.65. The Balaban J connectivity index is 1.62. The third-order valence-electron chi connectivity index (χ3n) is 6.33. The molecule has 0 saturated heterocycles. The molecule has 7 nitrogen and oxygen atoms in total. The van der Waals surface area contributed by atoms with Gasteiger partial charge in [0.25, 0.3) is 18.3 Å². The summed E-state index contributed by atoms with van der Waals surface area (Å²) >= 11 is 12.9. The van der Waals surface area contributed by atoms with Crippen molar-refractivity contribution in [2.24, 2.45) is 13.0 Å². The van der Waals surface area contributed by atoms with Crippen LogP contribution in [0.25, 0.3) is 11.0 Å². The molecule has 41 heavy (non-hydrogen) atoms. The summed E-state index contributed by atoms with van der Waals surface area (Å²) in [5.41, 5.74) is 0.783. The number of nitrogens with zero attached hydrogens (tertiary/aromatic N) is 2. The van der Waals surface area contributed by atoms with Crippen LogP contribution in [0.2, 0.25) is 10.0 Å². The zero-order valence-electron chi connectivity index (χ0n) is 21.0. The van der Waals surface area contributed by atoms with Gasteiger partial charge in [-0.15, -0.1) is 0 Å². The van der Waals surface area contributed by atoms with Gasteiger partial charge in [0.15, 0.2) is 0 Å². The second kappa shape index (κ2) is 11.6. The van der Waals surface area contributed by atoms with Gasteiger partial charge in [0, 0.05) is 37.5 Å². The summed E-state index contributed by atoms with van der Waals surface area (Å²) in [6.45, 7) is -2.90. The molecule has 4 rings (SSSR count). The molecule has 16 heteroatoms. The monoisotopic (exact) mass is 628 g/mol. The average molecular weight is 629 g/mol. The number of imidazole rings is 1. The van der Waals surface area contributed by atoms with Gasteiger partial charge in [0.1, 0.15) is 30.6 Å². The van der Waals surface area contributed by atoms with Crippen molar-refractivity contribution in [3.8, 4) is 5.75 Å². The number of nitrogens with one attached hydrogen (secondary N) is 2. The Labute approximate surface area is 237 Å². The van der Waals surface area contributed by atoms with Crippen molar-refractivity contribution >= 4 is 46.0 Å². The number of hydrogen-bond donors (Lipinski definition) is 2. The van der Waals surface area contributed by atoms with Crippen LogP contribution in [-0.4, -0.2) is 53.0 Å². The maximum Gasteiger partial charge on any atom is 0.405 e. The first-order valence-corrected chi connectivity index (χ1v) is 12.7. The third-order valence-corrected chi connectivity index (χ3v) is 7.16. The van der Waals surface area contributed by atoms with E-state index in [0.717, 1.165) is 6.07 Å². The van der Waals surface area contributed by atoms with Gasteiger partial charge in [-0.1, -0.05) is 29.3 Å². The minimum atomic E-state index is -4.71. The van der Waals surface area contributed by atoms with Crippen molar-refractivity contribution < 1.29 is 45.1 Å². The van der Waals surface area contributed by atoms with Crippen molar-refractivity contribution in [2.45, 2.75) is 37.9 Å². The number of fused-ring (bicyclic) bond motifs is 1. The van der Waals surface area contributed by atoms with Crippen LogP contribution in [0.1, 0.15) is 33.7 Å². The van der Waals surface area contributed by atoms with Crippen LogP contribution < -0.4 is 15.4 Å². The highest BCUT2D eigenvalue weighted by atomic mass is 35.5. The maximum atomic E-state index is 13.2. The van der Waals surface area contributed by atoms with E-state index in [1.165, 1.54) is 22.8 Å². The van der Waals surface area contributed by atoms with Gasteiger partial charge in [-0.3, -0.25) is 9.59 Å². The SMILES string of the molecule is Cn1c(Cc2c(Cl)ccc(CNC(=O)C3CC3(F)F)c2Cl)nc2cc(C(=O)NCC(F)(F)F)c(OCC(F)F)cc21. The number of halogens is 9. The number of alkyl halides is 7. The lowest BCUT2D eigenvalue weighted by molar-refractivity contribution is -0.125. The summed E-state index contributed by atoms with van der Waals surface area (Å²) in [7, 11) is 1.56. The summed E-state index contributed by atoms with van der Waals surface area (Å²) < 4.78 is 96.4. The fraction of sp³-hybridized carbons (Fsp3) is 0.400. The predicted molar refractivity (Wildman–Crippen MR) is 135 cm³/mol. The number of aromatic nitrogens is 2. The van der Waals surface area contributed by atoms with E-state index in [1.54, 1.807) is 12.4 Å². The topological polar surface area (TPSA) is 85.2 Å². The zero-order valence-corrected chi connectivity index (χ0v) is 22.5. The summed E-state index contributed by atoms with van der Waals surface area (Å²) in [5.74, 6) is -6.48. The fourth-order valence-corrected chi connectivity index (χ4v) is 4.63. The van der Waals surface area contributed by atoms with Crippen molar-refractivity contribution in [3.05, 3.63) is 56.8 Å². The first-order valence-electron chi connectivity index (χ1n) is 11.9. The van der Waals surface area contributed by atoms with E-state index in [4.69, 9.17) is 27.9 Å². The number of hydrogen-bond acceptors (Lipinski definition) is 4. The molecule has 2 N–H and O–H groups in total. The Morgan fingerprint density at radius 2 is 1.88 bits per heavy atom. The van der Waals surface area contributed by atoms with E-state index in [9.17, 15) is 40.3 Å². The quantitative estimate of drug-likeness (QED) is 0.283. The summed E-state index contributed by atoms with van der Waals surface area (Å²) in [4.78, 5) is 28.9. The molecule has 1 saturated carbocycles. The highest BCUT2D eigenvalue weighted by Gasteiger charge is 2.61. The van der Waals surface area contributed by atoms with Crippen molar-refractivity contribution in [1.82, 2.24) is 20.2 Å². The van der Waals surface area contributed by atoms with Crippen LogP contribution in [-0.2, 0) is 24.8 Å². The van der Waals surface area contributed by atoms with Crippen LogP contribution in [0.3, 0.4) is 0 Å². The van der Waals surface area contributed by atoms with Gasteiger partial charge < -0.3 is 19.9 Å². The summed E-state index contributed by atoms with van der Waals surface area (Å²) in [5, 5.41) is 4.46. The molecule has 2 aromatic carbocycles. The number of carbonyl (C=O) groups excluding carboxylic acids is 2. The maximum absolute atomic E-state index is 13.2. The molecule has 1 heterocycles. The number of aryl methyl sites for hydroxylation is 1. The van der Waals surface area contributed by atoms with Gasteiger partial charge in [0.2, 0.25) is 5.91 Å². The first kappa shape index (κ1) is 30.7. The standard InChI is InChI=1S/C25H21Cl2F7N4O3/c1-38-17-6-18(41-9-19(28)29)13(22(39)36-10-25(32,33)34)4-16(17)37-20(38)5-12-15(26)3-2-11(21(12)27)8-35-23(40)14-7-24(14,30)31/h2-4,6,14,19H,5,7-10H2,1H3,(H,35,40)(H,36,39). The van der Waals surface area contributed by atoms with Crippen molar-refractivity contribution in [3.63, 3.8) is 0 Å². The molecule has 1 aliphatic carbocycles. The largest absolute Gasteiger partial charge is 0.487 e. The summed E-state index contributed by atoms with van der Waals surface area (Å²) in [6.07, 6.45) is -8.15. The minimum Gasteiger partial charge on any atom is -0.487 e. The number of amides is 2. The molecule has 0 bridgehead atoms. The lowest BCUT2D eigenvalue weighted by Crippen LogP contribution is -2.34. The van der Waals surface area contributed by atoms with Gasteiger partial charge >= 0.3 is 6.18 Å². The normalized spacial score (nSPS) is 16.2. The lowest BCUT2D eigenvalue weighted by atomic mass is 10.1. The smallest absolute Gasteiger partial charge is 0.405 e. The van der Waals surface area contributed by atoms with E-state index < -0.39 is 61.4 Å². The highest BCUT2D eigenvalue weighted by molar-refractivity contribution is 6.36. The van der Waals surface area contributed by atoms with E-state index in [-0.39, 0.29) is 34.3 Å². The zero-order chi connectivity index (χ0) is 30.3. The Hall–Kier alpha value is -3.26. The molecular weight excluding hydrogens is 608 g/mol. The van der Waals surface area contributed by atoms with E-state index in [0.29, 0.717) is 22.5 Å². The Bertz CT molecular complexity index is 1490. The molecule has 1 unspecified atom stereocenters. The summed E-state index contributed by atoms with van der Waals surface area (Å²) in [6, 6.07) is 5.35. The molecule has 0 radical (unpaired) electrons. The van der Waals surface area contributed by atoms with Crippen LogP contribution in [0, 0.1) is 5.92 Å². The average Bonchev–Trinajstić information content (AvgIpc) is 3.43. The van der Waals surface area contributed by atoms with Crippen LogP contribution in [0.4, 0.5) is 30.7 Å². The molecule has 1 aliphatic rings. The number of rotatable bonds is 10. The van der Waals surface area contributed by atoms with E-state index >= 15 is 0 Å². The molecule has 3 aromatic rings. The molecular formula is C25H21Cl2F7N4O3. The lowest BCUT2D eigenvalue weighted by Gasteiger charge is -2.13. The number of carbonyl (C=O) groups is 2.